The van der Waals surface area contributed by atoms with Crippen LogP contribution in [0.5, 0.6) is 5.75 Å². The van der Waals surface area contributed by atoms with E-state index in [4.69, 9.17) is 4.74 Å². The number of nitrogens with zero attached hydrogens (tertiary/aromatic N) is 3. The number of anilines is 1. The predicted octanol–water partition coefficient (Wildman–Crippen LogP) is 3.78. The zero-order valence-electron chi connectivity index (χ0n) is 20.1. The van der Waals surface area contributed by atoms with E-state index in [0.29, 0.717) is 14.0 Å². The van der Waals surface area contributed by atoms with Gasteiger partial charge in [0.05, 0.1) is 34.9 Å². The van der Waals surface area contributed by atoms with Crippen molar-refractivity contribution in [2.24, 2.45) is 0 Å². The number of sulfone groups is 1. The van der Waals surface area contributed by atoms with Crippen LogP contribution in [0, 0.1) is 5.82 Å². The topological polar surface area (TPSA) is 111 Å². The van der Waals surface area contributed by atoms with Crippen molar-refractivity contribution in [2.45, 2.75) is 24.5 Å². The largest absolute Gasteiger partial charge is 0.420 e. The van der Waals surface area contributed by atoms with Gasteiger partial charge in [-0.2, -0.15) is 26.3 Å². The van der Waals surface area contributed by atoms with Gasteiger partial charge in [-0.25, -0.2) is 22.4 Å². The molecule has 1 aliphatic rings. The standard InChI is InChI=1S/C23H18F7N3O6S/c1-31(14-4-2-13(24)3-5-14)21(36)39-19-15(23(28,29)30)8-12(22(25,26)27)9-16(19)32-6-7-33(20(32)35)17-10-40(37,38)11-18(17)34/h2-9,17-18,34H,10-11H2,1H3. The molecule has 2 atom stereocenters. The fourth-order valence-electron chi connectivity index (χ4n) is 4.10. The summed E-state index contributed by atoms with van der Waals surface area (Å²) >= 11 is 0. The highest BCUT2D eigenvalue weighted by Gasteiger charge is 2.43. The third kappa shape index (κ3) is 5.70. The van der Waals surface area contributed by atoms with E-state index < -0.39 is 86.0 Å². The highest BCUT2D eigenvalue weighted by molar-refractivity contribution is 7.91. The van der Waals surface area contributed by atoms with Crippen molar-refractivity contribution in [3.63, 3.8) is 0 Å². The third-order valence-corrected chi connectivity index (χ3v) is 7.79. The summed E-state index contributed by atoms with van der Waals surface area (Å²) in [5.74, 6) is -3.58. The third-order valence-electron chi connectivity index (χ3n) is 6.09. The normalized spacial score (nSPS) is 19.0. The lowest BCUT2D eigenvalue weighted by molar-refractivity contribution is -0.143. The maximum atomic E-state index is 14.0. The Hall–Kier alpha value is -3.86. The number of hydrogen-bond donors (Lipinski definition) is 1. The van der Waals surface area contributed by atoms with Gasteiger partial charge in [0.2, 0.25) is 0 Å². The van der Waals surface area contributed by atoms with Gasteiger partial charge in [0.25, 0.3) is 0 Å². The molecule has 1 fully saturated rings. The highest BCUT2D eigenvalue weighted by atomic mass is 32.2. The molecule has 0 bridgehead atoms. The van der Waals surface area contributed by atoms with Crippen LogP contribution in [0.3, 0.4) is 0 Å². The van der Waals surface area contributed by atoms with Crippen molar-refractivity contribution < 1.29 is 53.8 Å². The molecule has 0 saturated carbocycles. The summed E-state index contributed by atoms with van der Waals surface area (Å²) < 4.78 is 126. The van der Waals surface area contributed by atoms with E-state index in [1.54, 1.807) is 0 Å². The number of ether oxygens (including phenoxy) is 1. The Kier molecular flexibility index (Phi) is 7.25. The van der Waals surface area contributed by atoms with Crippen LogP contribution in [-0.4, -0.2) is 53.4 Å². The Morgan fingerprint density at radius 2 is 1.65 bits per heavy atom. The monoisotopic (exact) mass is 597 g/mol. The second-order valence-electron chi connectivity index (χ2n) is 8.84. The van der Waals surface area contributed by atoms with Crippen molar-refractivity contribution in [2.75, 3.05) is 23.5 Å². The molecule has 4 rings (SSSR count). The van der Waals surface area contributed by atoms with E-state index in [1.807, 2.05) is 0 Å². The molecule has 0 radical (unpaired) electrons. The summed E-state index contributed by atoms with van der Waals surface area (Å²) in [6.45, 7) is 0. The first kappa shape index (κ1) is 29.1. The van der Waals surface area contributed by atoms with Crippen molar-refractivity contribution in [1.29, 1.82) is 0 Å². The number of aromatic nitrogens is 2. The van der Waals surface area contributed by atoms with E-state index >= 15 is 0 Å². The number of rotatable bonds is 4. The van der Waals surface area contributed by atoms with E-state index in [1.165, 1.54) is 0 Å². The maximum absolute atomic E-state index is 14.0. The molecule has 1 aromatic heterocycles. The zero-order valence-corrected chi connectivity index (χ0v) is 20.9. The van der Waals surface area contributed by atoms with Gasteiger partial charge in [0.1, 0.15) is 11.4 Å². The van der Waals surface area contributed by atoms with Gasteiger partial charge in [-0.05, 0) is 36.4 Å². The quantitative estimate of drug-likeness (QED) is 0.459. The molecule has 0 spiro atoms. The summed E-state index contributed by atoms with van der Waals surface area (Å²) in [7, 11) is -2.76. The zero-order chi connectivity index (χ0) is 29.8. The van der Waals surface area contributed by atoms with Gasteiger partial charge < -0.3 is 9.84 Å². The molecular formula is C23H18F7N3O6S. The van der Waals surface area contributed by atoms with E-state index in [9.17, 15) is 53.8 Å². The number of halogens is 7. The van der Waals surface area contributed by atoms with Crippen LogP contribution in [0.25, 0.3) is 5.69 Å². The lowest BCUT2D eigenvalue weighted by Gasteiger charge is -2.22. The molecule has 9 nitrogen and oxygen atoms in total. The van der Waals surface area contributed by atoms with Crippen LogP contribution >= 0.6 is 0 Å². The van der Waals surface area contributed by atoms with Gasteiger partial charge in [-0.3, -0.25) is 14.0 Å². The molecule has 2 heterocycles. The van der Waals surface area contributed by atoms with Gasteiger partial charge in [-0.15, -0.1) is 0 Å². The molecule has 1 N–H and O–H groups in total. The number of carbonyl (C=O) groups excluding carboxylic acids is 1. The minimum absolute atomic E-state index is 0.0480. The average molecular weight is 597 g/mol. The van der Waals surface area contributed by atoms with E-state index in [-0.39, 0.29) is 17.8 Å². The van der Waals surface area contributed by atoms with Crippen molar-refractivity contribution >= 4 is 21.6 Å². The van der Waals surface area contributed by atoms with E-state index in [0.717, 1.165) is 43.7 Å². The van der Waals surface area contributed by atoms with Crippen LogP contribution in [0.1, 0.15) is 17.2 Å². The smallest absolute Gasteiger partial charge is 0.407 e. The SMILES string of the molecule is CN(C(=O)Oc1c(-n2ccn(C3CS(=O)(=O)CC3O)c2=O)cc(C(F)(F)F)cc1C(F)(F)F)c1ccc(F)cc1. The minimum atomic E-state index is -5.51. The number of imidazole rings is 1. The second kappa shape index (κ2) is 9.96. The Morgan fingerprint density at radius 1 is 1.02 bits per heavy atom. The van der Waals surface area contributed by atoms with Crippen molar-refractivity contribution in [1.82, 2.24) is 9.13 Å². The van der Waals surface area contributed by atoms with Gasteiger partial charge >= 0.3 is 24.1 Å². The summed E-state index contributed by atoms with van der Waals surface area (Å²) in [6.07, 6.45) is -12.3. The first-order valence-electron chi connectivity index (χ1n) is 11.1. The van der Waals surface area contributed by atoms with Crippen LogP contribution in [-0.2, 0) is 22.2 Å². The molecule has 3 aromatic rings. The molecule has 1 saturated heterocycles. The predicted molar refractivity (Wildman–Crippen MR) is 125 cm³/mol. The van der Waals surface area contributed by atoms with Gasteiger partial charge in [-0.1, -0.05) is 0 Å². The molecule has 0 aliphatic carbocycles. The number of hydrogen-bond acceptors (Lipinski definition) is 6. The number of alkyl halides is 6. The second-order valence-corrected chi connectivity index (χ2v) is 11.0. The Balaban J connectivity index is 1.89. The Morgan fingerprint density at radius 3 is 2.17 bits per heavy atom. The lowest BCUT2D eigenvalue weighted by atomic mass is 10.1. The summed E-state index contributed by atoms with van der Waals surface area (Å²) in [6, 6.07) is 2.53. The van der Waals surface area contributed by atoms with Crippen molar-refractivity contribution in [3.8, 4) is 11.4 Å². The van der Waals surface area contributed by atoms with Crippen LogP contribution < -0.4 is 15.3 Å². The first-order valence-corrected chi connectivity index (χ1v) is 12.9. The molecule has 216 valence electrons. The van der Waals surface area contributed by atoms with Gasteiger partial charge in [0, 0.05) is 25.1 Å². The molecular weight excluding hydrogens is 579 g/mol. The number of benzene rings is 2. The summed E-state index contributed by atoms with van der Waals surface area (Å²) in [5, 5.41) is 10.1. The summed E-state index contributed by atoms with van der Waals surface area (Å²) in [4.78, 5) is 26.6. The number of carbonyl (C=O) groups is 1. The average Bonchev–Trinajstić information content (AvgIpc) is 3.34. The molecule has 1 aliphatic heterocycles. The summed E-state index contributed by atoms with van der Waals surface area (Å²) in [5.41, 5.74) is -6.36. The molecule has 40 heavy (non-hydrogen) atoms. The van der Waals surface area contributed by atoms with Gasteiger partial charge in [0.15, 0.2) is 15.6 Å². The molecule has 2 unspecified atom stereocenters. The minimum Gasteiger partial charge on any atom is -0.407 e. The highest BCUT2D eigenvalue weighted by Crippen LogP contribution is 2.44. The first-order chi connectivity index (χ1) is 18.4. The fraction of sp³-hybridized carbons (Fsp3) is 0.304. The molecule has 1 amide bonds. The fourth-order valence-corrected chi connectivity index (χ4v) is 5.88. The number of amides is 1. The lowest BCUT2D eigenvalue weighted by Crippen LogP contribution is -2.33. The van der Waals surface area contributed by atoms with Crippen molar-refractivity contribution in [3.05, 3.63) is 76.2 Å². The Labute approximate surface area is 220 Å². The maximum Gasteiger partial charge on any atom is 0.420 e. The number of aliphatic hydroxyl groups is 1. The number of aliphatic hydroxyl groups excluding tert-OH is 1. The van der Waals surface area contributed by atoms with Crippen LogP contribution in [0.15, 0.2) is 53.6 Å². The molecule has 17 heteroatoms. The van der Waals surface area contributed by atoms with Crippen LogP contribution in [0.2, 0.25) is 0 Å². The van der Waals surface area contributed by atoms with E-state index in [2.05, 4.69) is 0 Å². The Bertz CT molecular complexity index is 1610. The molecule has 2 aromatic carbocycles. The van der Waals surface area contributed by atoms with Crippen LogP contribution in [0.4, 0.5) is 41.2 Å².